The highest BCUT2D eigenvalue weighted by Gasteiger charge is 2.33. The predicted octanol–water partition coefficient (Wildman–Crippen LogP) is 2.57. The van der Waals surface area contributed by atoms with Gasteiger partial charge in [-0.05, 0) is 32.0 Å². The molecule has 0 spiro atoms. The van der Waals surface area contributed by atoms with Crippen LogP contribution in [0.1, 0.15) is 22.8 Å². The summed E-state index contributed by atoms with van der Waals surface area (Å²) >= 11 is 1.74. The molecule has 2 atom stereocenters. The van der Waals surface area contributed by atoms with Crippen molar-refractivity contribution in [3.8, 4) is 0 Å². The second-order valence-electron chi connectivity index (χ2n) is 7.11. The fourth-order valence-electron chi connectivity index (χ4n) is 3.90. The summed E-state index contributed by atoms with van der Waals surface area (Å²) in [5.41, 5.74) is 2.35. The Hall–Kier alpha value is -1.34. The molecular formula is C19H26N4OS. The van der Waals surface area contributed by atoms with Gasteiger partial charge in [0.25, 0.3) is 0 Å². The van der Waals surface area contributed by atoms with Crippen LogP contribution in [0, 0.1) is 12.8 Å². The summed E-state index contributed by atoms with van der Waals surface area (Å²) in [7, 11) is 0. The number of hydrogen-bond acceptors (Lipinski definition) is 6. The van der Waals surface area contributed by atoms with E-state index in [1.165, 1.54) is 12.1 Å². The van der Waals surface area contributed by atoms with Crippen LogP contribution in [0.3, 0.4) is 0 Å². The Morgan fingerprint density at radius 3 is 2.84 bits per heavy atom. The molecule has 0 radical (unpaired) electrons. The molecule has 6 heteroatoms. The number of nitrogens with zero attached hydrogens (tertiary/aromatic N) is 4. The number of ether oxygens (including phenoxy) is 1. The molecule has 5 nitrogen and oxygen atoms in total. The van der Waals surface area contributed by atoms with E-state index in [0.29, 0.717) is 12.0 Å². The fraction of sp³-hybridized carbons (Fsp3) is 0.579. The van der Waals surface area contributed by atoms with Crippen molar-refractivity contribution < 1.29 is 4.74 Å². The number of fused-ring (bicyclic) bond motifs is 1. The lowest BCUT2D eigenvalue weighted by Crippen LogP contribution is -2.46. The molecule has 0 aliphatic carbocycles. The lowest BCUT2D eigenvalue weighted by Gasteiger charge is -2.37. The maximum absolute atomic E-state index is 6.23. The first kappa shape index (κ1) is 17.1. The van der Waals surface area contributed by atoms with Crippen molar-refractivity contribution in [1.29, 1.82) is 0 Å². The minimum absolute atomic E-state index is 0.347. The van der Waals surface area contributed by atoms with Crippen LogP contribution in [0.5, 0.6) is 0 Å². The second kappa shape index (κ2) is 7.91. The van der Waals surface area contributed by atoms with E-state index in [4.69, 9.17) is 4.74 Å². The normalized spacial score (nSPS) is 25.5. The number of thiazole rings is 1. The molecule has 2 aromatic rings. The zero-order chi connectivity index (χ0) is 17.1. The third kappa shape index (κ3) is 4.44. The Kier molecular flexibility index (Phi) is 5.41. The van der Waals surface area contributed by atoms with E-state index in [9.17, 15) is 0 Å². The van der Waals surface area contributed by atoms with Gasteiger partial charge in [0.05, 0.1) is 29.1 Å². The van der Waals surface area contributed by atoms with Crippen LogP contribution in [-0.2, 0) is 17.8 Å². The van der Waals surface area contributed by atoms with Crippen LogP contribution in [0.15, 0.2) is 29.8 Å². The maximum atomic E-state index is 6.23. The van der Waals surface area contributed by atoms with Crippen molar-refractivity contribution in [2.24, 2.45) is 5.92 Å². The van der Waals surface area contributed by atoms with Gasteiger partial charge in [-0.1, -0.05) is 6.07 Å². The summed E-state index contributed by atoms with van der Waals surface area (Å²) < 4.78 is 6.23. The van der Waals surface area contributed by atoms with Gasteiger partial charge in [0.2, 0.25) is 0 Å². The number of aryl methyl sites for hydroxylation is 1. The van der Waals surface area contributed by atoms with Crippen molar-refractivity contribution in [2.45, 2.75) is 32.5 Å². The lowest BCUT2D eigenvalue weighted by molar-refractivity contribution is -0.0244. The minimum atomic E-state index is 0.347. The van der Waals surface area contributed by atoms with Gasteiger partial charge in [-0.2, -0.15) is 0 Å². The van der Waals surface area contributed by atoms with Gasteiger partial charge < -0.3 is 4.74 Å². The molecule has 2 aromatic heterocycles. The molecule has 2 fully saturated rings. The van der Waals surface area contributed by atoms with E-state index in [1.807, 2.05) is 12.3 Å². The minimum Gasteiger partial charge on any atom is -0.375 e. The fourth-order valence-corrected chi connectivity index (χ4v) is 4.50. The summed E-state index contributed by atoms with van der Waals surface area (Å²) in [4.78, 5) is 14.1. The van der Waals surface area contributed by atoms with Crippen LogP contribution in [0.4, 0.5) is 0 Å². The van der Waals surface area contributed by atoms with Crippen molar-refractivity contribution >= 4 is 11.3 Å². The molecule has 0 aromatic carbocycles. The van der Waals surface area contributed by atoms with E-state index in [2.05, 4.69) is 44.2 Å². The summed E-state index contributed by atoms with van der Waals surface area (Å²) in [5, 5.41) is 3.34. The molecule has 134 valence electrons. The molecule has 0 unspecified atom stereocenters. The monoisotopic (exact) mass is 358 g/mol. The molecule has 4 heterocycles. The first-order valence-corrected chi connectivity index (χ1v) is 10.0. The Morgan fingerprint density at radius 1 is 1.16 bits per heavy atom. The van der Waals surface area contributed by atoms with E-state index >= 15 is 0 Å². The average Bonchev–Trinajstić information content (AvgIpc) is 2.91. The number of pyridine rings is 1. The predicted molar refractivity (Wildman–Crippen MR) is 99.5 cm³/mol. The van der Waals surface area contributed by atoms with Gasteiger partial charge in [-0.3, -0.25) is 14.8 Å². The van der Waals surface area contributed by atoms with E-state index in [-0.39, 0.29) is 0 Å². The number of likely N-dealkylation sites (tertiary alicyclic amines) is 1. The Balaban J connectivity index is 1.34. The number of aromatic nitrogens is 2. The van der Waals surface area contributed by atoms with Gasteiger partial charge in [-0.15, -0.1) is 11.3 Å². The van der Waals surface area contributed by atoms with Gasteiger partial charge in [-0.25, -0.2) is 4.98 Å². The largest absolute Gasteiger partial charge is 0.375 e. The van der Waals surface area contributed by atoms with Gasteiger partial charge in [0, 0.05) is 50.2 Å². The molecule has 2 aliphatic heterocycles. The van der Waals surface area contributed by atoms with E-state index in [1.54, 1.807) is 11.3 Å². The smallest absolute Gasteiger partial charge is 0.0897 e. The van der Waals surface area contributed by atoms with Gasteiger partial charge in [0.15, 0.2) is 0 Å². The molecule has 0 bridgehead atoms. The Bertz CT molecular complexity index is 677. The van der Waals surface area contributed by atoms with Crippen LogP contribution in [-0.4, -0.2) is 58.7 Å². The van der Waals surface area contributed by atoms with Crippen molar-refractivity contribution in [3.05, 3.63) is 46.2 Å². The molecule has 2 aliphatic rings. The first-order chi connectivity index (χ1) is 12.3. The zero-order valence-corrected chi connectivity index (χ0v) is 15.6. The van der Waals surface area contributed by atoms with Crippen LogP contribution in [0.25, 0.3) is 0 Å². The number of hydrogen-bond donors (Lipinski definition) is 0. The van der Waals surface area contributed by atoms with Crippen molar-refractivity contribution in [2.75, 3.05) is 32.8 Å². The number of rotatable bonds is 4. The van der Waals surface area contributed by atoms with Gasteiger partial charge in [0.1, 0.15) is 0 Å². The van der Waals surface area contributed by atoms with Crippen LogP contribution in [0.2, 0.25) is 0 Å². The average molecular weight is 359 g/mol. The number of piperidine rings is 1. The zero-order valence-electron chi connectivity index (χ0n) is 14.8. The lowest BCUT2D eigenvalue weighted by atomic mass is 9.93. The first-order valence-electron chi connectivity index (χ1n) is 9.13. The van der Waals surface area contributed by atoms with E-state index in [0.717, 1.165) is 56.6 Å². The highest BCUT2D eigenvalue weighted by Crippen LogP contribution is 2.25. The van der Waals surface area contributed by atoms with Gasteiger partial charge >= 0.3 is 0 Å². The Morgan fingerprint density at radius 2 is 2.04 bits per heavy atom. The Labute approximate surface area is 153 Å². The van der Waals surface area contributed by atoms with Crippen molar-refractivity contribution in [1.82, 2.24) is 19.8 Å². The molecule has 2 saturated heterocycles. The third-order valence-corrected chi connectivity index (χ3v) is 6.00. The molecular weight excluding hydrogens is 332 g/mol. The summed E-state index contributed by atoms with van der Waals surface area (Å²) in [6, 6.07) is 6.15. The SMILES string of the molecule is Cc1nc(CN2CCO[C@H]3CN(Cc4ccccn4)CC[C@H]3C2)cs1. The summed E-state index contributed by atoms with van der Waals surface area (Å²) in [5.74, 6) is 0.627. The van der Waals surface area contributed by atoms with Crippen LogP contribution < -0.4 is 0 Å². The van der Waals surface area contributed by atoms with Crippen LogP contribution >= 0.6 is 11.3 Å². The third-order valence-electron chi connectivity index (χ3n) is 5.18. The molecule has 0 amide bonds. The molecule has 0 N–H and O–H groups in total. The highest BCUT2D eigenvalue weighted by molar-refractivity contribution is 7.09. The second-order valence-corrected chi connectivity index (χ2v) is 8.17. The standard InChI is InChI=1S/C19H26N4OS/c1-15-21-18(14-25-15)12-23-8-9-24-19-13-22(7-5-16(19)10-23)11-17-4-2-3-6-20-17/h2-4,6,14,16,19H,5,7-13H2,1H3/t16-,19-/m0/s1. The van der Waals surface area contributed by atoms with Crippen molar-refractivity contribution in [3.63, 3.8) is 0 Å². The summed E-state index contributed by atoms with van der Waals surface area (Å²) in [6.45, 7) is 9.05. The molecule has 4 rings (SSSR count). The quantitative estimate of drug-likeness (QED) is 0.840. The maximum Gasteiger partial charge on any atom is 0.0897 e. The topological polar surface area (TPSA) is 41.5 Å². The molecule has 0 saturated carbocycles. The highest BCUT2D eigenvalue weighted by atomic mass is 32.1. The molecule has 25 heavy (non-hydrogen) atoms. The van der Waals surface area contributed by atoms with E-state index < -0.39 is 0 Å². The summed E-state index contributed by atoms with van der Waals surface area (Å²) in [6.07, 6.45) is 3.42.